The number of hydrogen-bond donors (Lipinski definition) is 2. The second-order valence-electron chi connectivity index (χ2n) is 4.13. The highest BCUT2D eigenvalue weighted by atomic mass is 79.9. The van der Waals surface area contributed by atoms with Gasteiger partial charge in [0.15, 0.2) is 0 Å². The molecule has 0 spiro atoms. The average Bonchev–Trinajstić information content (AvgIpc) is 2.41. The molecule has 0 fully saturated rings. The van der Waals surface area contributed by atoms with Crippen molar-refractivity contribution in [2.45, 2.75) is 6.92 Å². The lowest BCUT2D eigenvalue weighted by atomic mass is 10.1. The molecule has 2 aromatic rings. The van der Waals surface area contributed by atoms with Crippen molar-refractivity contribution in [2.24, 2.45) is 0 Å². The highest BCUT2D eigenvalue weighted by molar-refractivity contribution is 9.10. The predicted molar refractivity (Wildman–Crippen MR) is 84.2 cm³/mol. The second kappa shape index (κ2) is 6.43. The molecule has 0 bridgehead atoms. The molecule has 20 heavy (non-hydrogen) atoms. The minimum atomic E-state index is -0.391. The Balaban J connectivity index is 2.37. The zero-order valence-electron chi connectivity index (χ0n) is 11.0. The van der Waals surface area contributed by atoms with Crippen molar-refractivity contribution < 1.29 is 9.53 Å². The van der Waals surface area contributed by atoms with Gasteiger partial charge in [0.05, 0.1) is 23.5 Å². The summed E-state index contributed by atoms with van der Waals surface area (Å²) in [5.41, 5.74) is 8.27. The minimum absolute atomic E-state index is 0.323. The van der Waals surface area contributed by atoms with Crippen LogP contribution in [0.15, 0.2) is 46.9 Å². The molecule has 3 N–H and O–H groups in total. The third kappa shape index (κ3) is 3.30. The van der Waals surface area contributed by atoms with Crippen LogP contribution in [0.4, 0.5) is 17.1 Å². The van der Waals surface area contributed by atoms with Gasteiger partial charge in [0.25, 0.3) is 0 Å². The van der Waals surface area contributed by atoms with Crippen LogP contribution < -0.4 is 11.1 Å². The van der Waals surface area contributed by atoms with E-state index in [-0.39, 0.29) is 0 Å². The lowest BCUT2D eigenvalue weighted by molar-refractivity contribution is 0.0527. The Morgan fingerprint density at radius 2 is 2.05 bits per heavy atom. The molecule has 0 saturated carbocycles. The molecule has 0 heterocycles. The Morgan fingerprint density at radius 1 is 1.30 bits per heavy atom. The number of carbonyl (C=O) groups is 1. The number of rotatable bonds is 4. The lowest BCUT2D eigenvalue weighted by Gasteiger charge is -2.14. The largest absolute Gasteiger partial charge is 0.462 e. The van der Waals surface area contributed by atoms with E-state index in [1.807, 2.05) is 24.3 Å². The summed E-state index contributed by atoms with van der Waals surface area (Å²) in [5, 5.41) is 3.17. The number of nitrogens with two attached hydrogens (primary N) is 1. The third-order valence-corrected chi connectivity index (χ3v) is 3.18. The van der Waals surface area contributed by atoms with E-state index in [1.54, 1.807) is 25.1 Å². The minimum Gasteiger partial charge on any atom is -0.462 e. The fourth-order valence-electron chi connectivity index (χ4n) is 1.80. The molecule has 0 radical (unpaired) electrons. The van der Waals surface area contributed by atoms with Crippen LogP contribution in [0.25, 0.3) is 0 Å². The molecular formula is C15H15BrN2O2. The fraction of sp³-hybridized carbons (Fsp3) is 0.133. The van der Waals surface area contributed by atoms with Gasteiger partial charge in [-0.15, -0.1) is 0 Å². The van der Waals surface area contributed by atoms with E-state index in [2.05, 4.69) is 21.2 Å². The molecule has 0 atom stereocenters. The third-order valence-electron chi connectivity index (χ3n) is 2.69. The Hall–Kier alpha value is -2.01. The van der Waals surface area contributed by atoms with Gasteiger partial charge in [-0.1, -0.05) is 28.1 Å². The predicted octanol–water partition coefficient (Wildman–Crippen LogP) is 3.95. The summed E-state index contributed by atoms with van der Waals surface area (Å²) in [6.07, 6.45) is 0. The molecule has 0 aliphatic carbocycles. The summed E-state index contributed by atoms with van der Waals surface area (Å²) >= 11 is 3.40. The van der Waals surface area contributed by atoms with Crippen LogP contribution in [0.1, 0.15) is 17.3 Å². The standard InChI is InChI=1S/C15H15BrN2O2/c1-2-20-15(19)12-7-4-8-13(17)14(12)18-11-6-3-5-10(16)9-11/h3-9,18H,2,17H2,1H3. The van der Waals surface area contributed by atoms with E-state index in [1.165, 1.54) is 0 Å². The summed E-state index contributed by atoms with van der Waals surface area (Å²) in [7, 11) is 0. The van der Waals surface area contributed by atoms with Crippen molar-refractivity contribution in [1.82, 2.24) is 0 Å². The quantitative estimate of drug-likeness (QED) is 0.656. The summed E-state index contributed by atoms with van der Waals surface area (Å²) in [4.78, 5) is 11.9. The number of anilines is 3. The number of nitrogen functional groups attached to an aromatic ring is 1. The number of benzene rings is 2. The second-order valence-corrected chi connectivity index (χ2v) is 5.04. The summed E-state index contributed by atoms with van der Waals surface area (Å²) in [6, 6.07) is 12.8. The smallest absolute Gasteiger partial charge is 0.340 e. The maximum absolute atomic E-state index is 11.9. The van der Waals surface area contributed by atoms with Crippen LogP contribution >= 0.6 is 15.9 Å². The van der Waals surface area contributed by atoms with Crippen molar-refractivity contribution in [3.63, 3.8) is 0 Å². The molecule has 0 unspecified atom stereocenters. The van der Waals surface area contributed by atoms with Gasteiger partial charge >= 0.3 is 5.97 Å². The zero-order valence-corrected chi connectivity index (χ0v) is 12.6. The maximum atomic E-state index is 11.9. The van der Waals surface area contributed by atoms with Gasteiger partial charge in [-0.3, -0.25) is 0 Å². The van der Waals surface area contributed by atoms with Gasteiger partial charge in [-0.25, -0.2) is 4.79 Å². The average molecular weight is 335 g/mol. The summed E-state index contributed by atoms with van der Waals surface area (Å²) < 4.78 is 5.98. The highest BCUT2D eigenvalue weighted by Gasteiger charge is 2.14. The van der Waals surface area contributed by atoms with Gasteiger partial charge in [-0.2, -0.15) is 0 Å². The Morgan fingerprint density at radius 3 is 2.75 bits per heavy atom. The molecule has 104 valence electrons. The molecule has 0 amide bonds. The SMILES string of the molecule is CCOC(=O)c1cccc(N)c1Nc1cccc(Br)c1. The molecular weight excluding hydrogens is 320 g/mol. The molecule has 0 saturated heterocycles. The molecule has 0 aliphatic heterocycles. The van der Waals surface area contributed by atoms with Crippen molar-refractivity contribution in [1.29, 1.82) is 0 Å². The first-order chi connectivity index (χ1) is 9.61. The summed E-state index contributed by atoms with van der Waals surface area (Å²) in [5.74, 6) is -0.391. The Labute approximate surface area is 126 Å². The lowest BCUT2D eigenvalue weighted by Crippen LogP contribution is -2.09. The van der Waals surface area contributed by atoms with Crippen molar-refractivity contribution in [3.05, 3.63) is 52.5 Å². The van der Waals surface area contributed by atoms with Crippen molar-refractivity contribution >= 4 is 39.0 Å². The molecule has 4 nitrogen and oxygen atoms in total. The number of ether oxygens (including phenoxy) is 1. The van der Waals surface area contributed by atoms with E-state index in [0.717, 1.165) is 10.2 Å². The first-order valence-corrected chi connectivity index (χ1v) is 6.99. The van der Waals surface area contributed by atoms with Gasteiger partial charge in [0, 0.05) is 10.2 Å². The maximum Gasteiger partial charge on any atom is 0.340 e. The van der Waals surface area contributed by atoms with Crippen molar-refractivity contribution in [3.8, 4) is 0 Å². The topological polar surface area (TPSA) is 64.3 Å². The van der Waals surface area contributed by atoms with Crippen molar-refractivity contribution in [2.75, 3.05) is 17.7 Å². The molecule has 0 aromatic heterocycles. The Bertz CT molecular complexity index is 629. The van der Waals surface area contributed by atoms with Crippen LogP contribution in [0.5, 0.6) is 0 Å². The van der Waals surface area contributed by atoms with E-state index in [4.69, 9.17) is 10.5 Å². The van der Waals surface area contributed by atoms with E-state index >= 15 is 0 Å². The van der Waals surface area contributed by atoms with Crippen LogP contribution in [-0.4, -0.2) is 12.6 Å². The molecule has 0 aliphatic rings. The van der Waals surface area contributed by atoms with Gasteiger partial charge in [-0.05, 0) is 37.3 Å². The van der Waals surface area contributed by atoms with Crippen LogP contribution in [0, 0.1) is 0 Å². The molecule has 2 aromatic carbocycles. The van der Waals surface area contributed by atoms with Gasteiger partial charge in [0.1, 0.15) is 0 Å². The zero-order chi connectivity index (χ0) is 14.5. The van der Waals surface area contributed by atoms with E-state index in [9.17, 15) is 4.79 Å². The first-order valence-electron chi connectivity index (χ1n) is 6.20. The number of esters is 1. The number of carbonyl (C=O) groups excluding carboxylic acids is 1. The molecule has 2 rings (SSSR count). The van der Waals surface area contributed by atoms with Crippen LogP contribution in [0.3, 0.4) is 0 Å². The van der Waals surface area contributed by atoms with Gasteiger partial charge in [0.2, 0.25) is 0 Å². The number of nitrogens with one attached hydrogen (secondary N) is 1. The summed E-state index contributed by atoms with van der Waals surface area (Å²) in [6.45, 7) is 2.09. The number of para-hydroxylation sites is 1. The van der Waals surface area contributed by atoms with E-state index in [0.29, 0.717) is 23.5 Å². The normalized spacial score (nSPS) is 10.1. The first kappa shape index (κ1) is 14.4. The van der Waals surface area contributed by atoms with E-state index < -0.39 is 5.97 Å². The van der Waals surface area contributed by atoms with Crippen LogP contribution in [0.2, 0.25) is 0 Å². The fourth-order valence-corrected chi connectivity index (χ4v) is 2.20. The number of halogens is 1. The molecule has 5 heteroatoms. The highest BCUT2D eigenvalue weighted by Crippen LogP contribution is 2.29. The monoisotopic (exact) mass is 334 g/mol. The van der Waals surface area contributed by atoms with Gasteiger partial charge < -0.3 is 15.8 Å². The number of hydrogen-bond acceptors (Lipinski definition) is 4. The Kier molecular flexibility index (Phi) is 4.63. The van der Waals surface area contributed by atoms with Crippen LogP contribution in [-0.2, 0) is 4.74 Å².